The Morgan fingerprint density at radius 3 is 2.73 bits per heavy atom. The van der Waals surface area contributed by atoms with E-state index in [1.165, 1.54) is 0 Å². The van der Waals surface area contributed by atoms with E-state index in [-0.39, 0.29) is 11.9 Å². The van der Waals surface area contributed by atoms with E-state index in [1.54, 1.807) is 6.92 Å². The lowest BCUT2D eigenvalue weighted by atomic mass is 10.2. The molecule has 1 heterocycles. The Labute approximate surface area is 86.8 Å². The highest BCUT2D eigenvalue weighted by Crippen LogP contribution is 2.00. The maximum absolute atomic E-state index is 11.2. The number of carbonyl (C=O) groups excluding carboxylic acids is 3. The molecule has 0 aromatic rings. The van der Waals surface area contributed by atoms with Crippen molar-refractivity contribution in [2.75, 3.05) is 6.54 Å². The van der Waals surface area contributed by atoms with E-state index in [1.807, 2.05) is 5.32 Å². The maximum atomic E-state index is 11.2. The first kappa shape index (κ1) is 11.4. The maximum Gasteiger partial charge on any atom is 0.318 e. The quantitative estimate of drug-likeness (QED) is 0.437. The highest BCUT2D eigenvalue weighted by molar-refractivity contribution is 5.96. The molecule has 7 nitrogen and oxygen atoms in total. The van der Waals surface area contributed by atoms with Crippen LogP contribution in [0.1, 0.15) is 13.3 Å². The molecule has 2 atom stereocenters. The van der Waals surface area contributed by atoms with Crippen molar-refractivity contribution in [2.24, 2.45) is 5.73 Å². The molecule has 0 saturated carbocycles. The van der Waals surface area contributed by atoms with Crippen molar-refractivity contribution in [1.29, 1.82) is 0 Å². The smallest absolute Gasteiger partial charge is 0.318 e. The summed E-state index contributed by atoms with van der Waals surface area (Å²) in [5, 5.41) is 7.50. The average Bonchev–Trinajstić information content (AvgIpc) is 2.50. The lowest BCUT2D eigenvalue weighted by molar-refractivity contribution is -0.122. The van der Waals surface area contributed by atoms with Gasteiger partial charge in [-0.05, 0) is 6.92 Å². The molecule has 4 amide bonds. The summed E-state index contributed by atoms with van der Waals surface area (Å²) in [6, 6.07) is -1.52. The monoisotopic (exact) mass is 214 g/mol. The number of primary amides is 1. The fourth-order valence-corrected chi connectivity index (χ4v) is 1.38. The third-order valence-corrected chi connectivity index (χ3v) is 2.10. The second kappa shape index (κ2) is 4.74. The molecule has 1 rings (SSSR count). The molecule has 0 aliphatic carbocycles. The average molecular weight is 214 g/mol. The van der Waals surface area contributed by atoms with Crippen LogP contribution >= 0.6 is 0 Å². The summed E-state index contributed by atoms with van der Waals surface area (Å²) < 4.78 is 0. The van der Waals surface area contributed by atoms with Gasteiger partial charge < -0.3 is 16.4 Å². The van der Waals surface area contributed by atoms with Gasteiger partial charge in [-0.3, -0.25) is 14.9 Å². The van der Waals surface area contributed by atoms with Crippen molar-refractivity contribution >= 4 is 17.8 Å². The van der Waals surface area contributed by atoms with Crippen LogP contribution in [0.25, 0.3) is 0 Å². The number of rotatable bonds is 3. The lowest BCUT2D eigenvalue weighted by Gasteiger charge is -2.16. The van der Waals surface area contributed by atoms with Gasteiger partial charge in [0.25, 0.3) is 0 Å². The summed E-state index contributed by atoms with van der Waals surface area (Å²) >= 11 is 0. The molecule has 0 radical (unpaired) electrons. The van der Waals surface area contributed by atoms with Crippen LogP contribution < -0.4 is 21.7 Å². The Morgan fingerprint density at radius 1 is 1.60 bits per heavy atom. The highest BCUT2D eigenvalue weighted by atomic mass is 16.2. The van der Waals surface area contributed by atoms with Crippen LogP contribution in [-0.2, 0) is 9.59 Å². The highest BCUT2D eigenvalue weighted by Gasteiger charge is 2.25. The first-order valence-electron chi connectivity index (χ1n) is 4.62. The van der Waals surface area contributed by atoms with Crippen molar-refractivity contribution in [1.82, 2.24) is 16.0 Å². The Balaban J connectivity index is 2.34. The predicted octanol–water partition coefficient (Wildman–Crippen LogP) is -1.95. The van der Waals surface area contributed by atoms with Gasteiger partial charge >= 0.3 is 6.03 Å². The van der Waals surface area contributed by atoms with Gasteiger partial charge in [0.15, 0.2) is 0 Å². The number of urea groups is 1. The van der Waals surface area contributed by atoms with Gasteiger partial charge in [0.05, 0.1) is 6.04 Å². The Hall–Kier alpha value is -1.63. The van der Waals surface area contributed by atoms with E-state index in [0.29, 0.717) is 13.0 Å². The van der Waals surface area contributed by atoms with Crippen molar-refractivity contribution in [3.8, 4) is 0 Å². The van der Waals surface area contributed by atoms with Gasteiger partial charge in [0.1, 0.15) is 0 Å². The number of nitrogens with one attached hydrogen (secondary N) is 3. The number of hydrogen-bond acceptors (Lipinski definition) is 4. The molecule has 0 bridgehead atoms. The number of hydrogen-bond donors (Lipinski definition) is 4. The molecule has 0 spiro atoms. The summed E-state index contributed by atoms with van der Waals surface area (Å²) in [5.74, 6) is -0.545. The van der Waals surface area contributed by atoms with Gasteiger partial charge in [0, 0.05) is 19.0 Å². The van der Waals surface area contributed by atoms with Gasteiger partial charge in [-0.1, -0.05) is 0 Å². The van der Waals surface area contributed by atoms with E-state index in [9.17, 15) is 14.4 Å². The van der Waals surface area contributed by atoms with Crippen molar-refractivity contribution in [2.45, 2.75) is 25.4 Å². The van der Waals surface area contributed by atoms with Gasteiger partial charge in [-0.15, -0.1) is 0 Å². The molecule has 0 aromatic heterocycles. The van der Waals surface area contributed by atoms with Crippen LogP contribution in [0.2, 0.25) is 0 Å². The van der Waals surface area contributed by atoms with Crippen molar-refractivity contribution in [3.05, 3.63) is 0 Å². The third kappa shape index (κ3) is 3.55. The SMILES string of the molecule is CC(NC1CNC(=O)C1)C(=O)NC(N)=O. The van der Waals surface area contributed by atoms with Gasteiger partial charge in [-0.2, -0.15) is 0 Å². The Morgan fingerprint density at radius 2 is 2.27 bits per heavy atom. The zero-order chi connectivity index (χ0) is 11.4. The Bertz CT molecular complexity index is 292. The largest absolute Gasteiger partial charge is 0.354 e. The molecular weight excluding hydrogens is 200 g/mol. The minimum absolute atomic E-state index is 0.0463. The summed E-state index contributed by atoms with van der Waals surface area (Å²) in [7, 11) is 0. The standard InChI is InChI=1S/C8H14N4O3/c1-4(7(14)12-8(9)15)11-5-2-6(13)10-3-5/h4-5,11H,2-3H2,1H3,(H,10,13)(H3,9,12,14,15). The van der Waals surface area contributed by atoms with Crippen LogP contribution in [0.15, 0.2) is 0 Å². The first-order chi connectivity index (χ1) is 6.99. The molecule has 1 saturated heterocycles. The van der Waals surface area contributed by atoms with Crippen molar-refractivity contribution < 1.29 is 14.4 Å². The molecule has 2 unspecified atom stereocenters. The van der Waals surface area contributed by atoms with Crippen LogP contribution in [-0.4, -0.2) is 36.5 Å². The zero-order valence-electron chi connectivity index (χ0n) is 8.37. The summed E-state index contributed by atoms with van der Waals surface area (Å²) in [4.78, 5) is 32.5. The van der Waals surface area contributed by atoms with Crippen LogP contribution in [0.3, 0.4) is 0 Å². The van der Waals surface area contributed by atoms with Crippen LogP contribution in [0.5, 0.6) is 0 Å². The number of amides is 4. The molecule has 0 aromatic carbocycles. The summed E-state index contributed by atoms with van der Waals surface area (Å²) in [5.41, 5.74) is 4.80. The van der Waals surface area contributed by atoms with E-state index in [2.05, 4.69) is 10.6 Å². The van der Waals surface area contributed by atoms with Crippen LogP contribution in [0, 0.1) is 0 Å². The van der Waals surface area contributed by atoms with E-state index in [0.717, 1.165) is 0 Å². The minimum Gasteiger partial charge on any atom is -0.354 e. The fourth-order valence-electron chi connectivity index (χ4n) is 1.38. The van der Waals surface area contributed by atoms with E-state index < -0.39 is 18.0 Å². The topological polar surface area (TPSA) is 113 Å². The molecule has 1 fully saturated rings. The molecule has 7 heteroatoms. The number of nitrogens with two attached hydrogens (primary N) is 1. The van der Waals surface area contributed by atoms with Gasteiger partial charge in [-0.25, -0.2) is 4.79 Å². The number of carbonyl (C=O) groups is 3. The molecule has 1 aliphatic rings. The molecular formula is C8H14N4O3. The Kier molecular flexibility index (Phi) is 3.62. The normalized spacial score (nSPS) is 21.9. The minimum atomic E-state index is -0.880. The van der Waals surface area contributed by atoms with Crippen LogP contribution in [0.4, 0.5) is 4.79 Å². The second-order valence-electron chi connectivity index (χ2n) is 3.45. The fraction of sp³-hybridized carbons (Fsp3) is 0.625. The first-order valence-corrected chi connectivity index (χ1v) is 4.62. The molecule has 15 heavy (non-hydrogen) atoms. The predicted molar refractivity (Wildman–Crippen MR) is 51.7 cm³/mol. The number of imide groups is 1. The van der Waals surface area contributed by atoms with Crippen molar-refractivity contribution in [3.63, 3.8) is 0 Å². The molecule has 5 N–H and O–H groups in total. The lowest BCUT2D eigenvalue weighted by Crippen LogP contribution is -2.49. The third-order valence-electron chi connectivity index (χ3n) is 2.10. The zero-order valence-corrected chi connectivity index (χ0v) is 8.37. The molecule has 1 aliphatic heterocycles. The van der Waals surface area contributed by atoms with Gasteiger partial charge in [0.2, 0.25) is 11.8 Å². The van der Waals surface area contributed by atoms with E-state index in [4.69, 9.17) is 5.73 Å². The second-order valence-corrected chi connectivity index (χ2v) is 3.45. The molecule has 84 valence electrons. The summed E-state index contributed by atoms with van der Waals surface area (Å²) in [6.45, 7) is 2.09. The van der Waals surface area contributed by atoms with E-state index >= 15 is 0 Å². The summed E-state index contributed by atoms with van der Waals surface area (Å²) in [6.07, 6.45) is 0.341.